The molecule has 84 valence electrons. The van der Waals surface area contributed by atoms with Gasteiger partial charge in [0.1, 0.15) is 11.5 Å². The number of phenols is 2. The molecule has 0 heterocycles. The lowest BCUT2D eigenvalue weighted by Crippen LogP contribution is -2.21. The maximum atomic E-state index is 9.61. The summed E-state index contributed by atoms with van der Waals surface area (Å²) in [5.74, 6) is 1.27. The average Bonchev–Trinajstić information content (AvgIpc) is 2.17. The van der Waals surface area contributed by atoms with E-state index in [0.29, 0.717) is 0 Å². The molecule has 0 aliphatic heterocycles. The number of hydrogen-bond donors (Lipinski definition) is 3. The van der Waals surface area contributed by atoms with Crippen LogP contribution in [0.25, 0.3) is 0 Å². The Hall–Kier alpha value is -0.870. The van der Waals surface area contributed by atoms with Gasteiger partial charge in [-0.3, -0.25) is 0 Å². The Balaban J connectivity index is 2.61. The quantitative estimate of drug-likeness (QED) is 0.674. The van der Waals surface area contributed by atoms with Gasteiger partial charge in [0.05, 0.1) is 0 Å². The van der Waals surface area contributed by atoms with Crippen molar-refractivity contribution in [2.24, 2.45) is 0 Å². The topological polar surface area (TPSA) is 52.5 Å². The van der Waals surface area contributed by atoms with Gasteiger partial charge in [-0.1, -0.05) is 6.07 Å². The Labute approximate surface area is 94.5 Å². The molecule has 1 aromatic carbocycles. The Bertz CT molecular complexity index is 317. The fraction of sp³-hybridized carbons (Fsp3) is 0.455. The molecule has 0 aliphatic rings. The maximum absolute atomic E-state index is 9.61. The highest BCUT2D eigenvalue weighted by molar-refractivity contribution is 7.98. The van der Waals surface area contributed by atoms with Crippen molar-refractivity contribution in [2.75, 3.05) is 18.6 Å². The van der Waals surface area contributed by atoms with Gasteiger partial charge in [0.15, 0.2) is 0 Å². The molecule has 0 spiro atoms. The SMILES string of the molecule is CSCCNC(C)c1ccc(O)cc1O. The number of nitrogens with one attached hydrogen (secondary N) is 1. The molecule has 0 amide bonds. The monoisotopic (exact) mass is 227 g/mol. The molecule has 1 atom stereocenters. The Morgan fingerprint density at radius 1 is 1.40 bits per heavy atom. The lowest BCUT2D eigenvalue weighted by Gasteiger charge is -2.15. The minimum absolute atomic E-state index is 0.0903. The number of rotatable bonds is 5. The van der Waals surface area contributed by atoms with Crippen LogP contribution in [0.5, 0.6) is 11.5 Å². The summed E-state index contributed by atoms with van der Waals surface area (Å²) in [4.78, 5) is 0. The molecule has 0 aromatic heterocycles. The highest BCUT2D eigenvalue weighted by atomic mass is 32.2. The summed E-state index contributed by atoms with van der Waals surface area (Å²) < 4.78 is 0. The smallest absolute Gasteiger partial charge is 0.124 e. The van der Waals surface area contributed by atoms with Crippen molar-refractivity contribution in [2.45, 2.75) is 13.0 Å². The number of benzene rings is 1. The van der Waals surface area contributed by atoms with Gasteiger partial charge in [0.2, 0.25) is 0 Å². The molecular formula is C11H17NO2S. The summed E-state index contributed by atoms with van der Waals surface area (Å²) in [6, 6.07) is 4.78. The summed E-state index contributed by atoms with van der Waals surface area (Å²) in [5, 5.41) is 22.1. The van der Waals surface area contributed by atoms with E-state index >= 15 is 0 Å². The van der Waals surface area contributed by atoms with Crippen LogP contribution >= 0.6 is 11.8 Å². The van der Waals surface area contributed by atoms with Crippen LogP contribution in [0.4, 0.5) is 0 Å². The van der Waals surface area contributed by atoms with Gasteiger partial charge in [-0.15, -0.1) is 0 Å². The van der Waals surface area contributed by atoms with Crippen LogP contribution in [-0.4, -0.2) is 28.8 Å². The van der Waals surface area contributed by atoms with E-state index in [1.165, 1.54) is 6.07 Å². The summed E-state index contributed by atoms with van der Waals surface area (Å²) >= 11 is 1.78. The Morgan fingerprint density at radius 3 is 2.73 bits per heavy atom. The second kappa shape index (κ2) is 5.88. The van der Waals surface area contributed by atoms with E-state index in [4.69, 9.17) is 5.11 Å². The molecule has 0 bridgehead atoms. The van der Waals surface area contributed by atoms with E-state index in [-0.39, 0.29) is 17.5 Å². The molecule has 0 saturated carbocycles. The molecule has 1 unspecified atom stereocenters. The van der Waals surface area contributed by atoms with Gasteiger partial charge in [-0.05, 0) is 19.2 Å². The predicted octanol–water partition coefficient (Wildman–Crippen LogP) is 2.11. The van der Waals surface area contributed by atoms with Crippen LogP contribution in [0, 0.1) is 0 Å². The highest BCUT2D eigenvalue weighted by Crippen LogP contribution is 2.27. The fourth-order valence-corrected chi connectivity index (χ4v) is 1.71. The van der Waals surface area contributed by atoms with E-state index in [9.17, 15) is 5.11 Å². The zero-order valence-electron chi connectivity index (χ0n) is 9.03. The number of phenolic OH excluding ortho intramolecular Hbond substituents is 2. The van der Waals surface area contributed by atoms with Crippen LogP contribution in [0.1, 0.15) is 18.5 Å². The van der Waals surface area contributed by atoms with Crippen molar-refractivity contribution in [1.29, 1.82) is 0 Å². The largest absolute Gasteiger partial charge is 0.508 e. The second-order valence-corrected chi connectivity index (χ2v) is 4.40. The molecule has 0 saturated heterocycles. The highest BCUT2D eigenvalue weighted by Gasteiger charge is 2.09. The van der Waals surface area contributed by atoms with Crippen LogP contribution in [-0.2, 0) is 0 Å². The number of thioether (sulfide) groups is 1. The van der Waals surface area contributed by atoms with E-state index in [0.717, 1.165) is 17.9 Å². The van der Waals surface area contributed by atoms with Crippen molar-refractivity contribution in [1.82, 2.24) is 5.32 Å². The lowest BCUT2D eigenvalue weighted by molar-refractivity contribution is 0.437. The van der Waals surface area contributed by atoms with E-state index < -0.39 is 0 Å². The molecule has 4 heteroatoms. The number of hydrogen-bond acceptors (Lipinski definition) is 4. The van der Waals surface area contributed by atoms with Crippen molar-refractivity contribution in [3.05, 3.63) is 23.8 Å². The van der Waals surface area contributed by atoms with Crippen LogP contribution < -0.4 is 5.32 Å². The average molecular weight is 227 g/mol. The Kier molecular flexibility index (Phi) is 4.78. The first-order valence-corrected chi connectivity index (χ1v) is 6.28. The van der Waals surface area contributed by atoms with Crippen molar-refractivity contribution in [3.8, 4) is 11.5 Å². The van der Waals surface area contributed by atoms with Crippen LogP contribution in [0.2, 0.25) is 0 Å². The fourth-order valence-electron chi connectivity index (χ4n) is 1.39. The van der Waals surface area contributed by atoms with Crippen molar-refractivity contribution >= 4 is 11.8 Å². The van der Waals surface area contributed by atoms with E-state index in [1.807, 2.05) is 6.92 Å². The molecular weight excluding hydrogens is 210 g/mol. The predicted molar refractivity (Wildman–Crippen MR) is 64.6 cm³/mol. The van der Waals surface area contributed by atoms with Crippen LogP contribution in [0.3, 0.4) is 0 Å². The maximum Gasteiger partial charge on any atom is 0.124 e. The van der Waals surface area contributed by atoms with Gasteiger partial charge in [0.25, 0.3) is 0 Å². The first-order chi connectivity index (χ1) is 7.15. The lowest BCUT2D eigenvalue weighted by atomic mass is 10.1. The van der Waals surface area contributed by atoms with Crippen LogP contribution in [0.15, 0.2) is 18.2 Å². The normalized spacial score (nSPS) is 12.7. The minimum atomic E-state index is 0.0903. The molecule has 3 N–H and O–H groups in total. The molecule has 1 aromatic rings. The molecule has 1 rings (SSSR count). The van der Waals surface area contributed by atoms with Gasteiger partial charge < -0.3 is 15.5 Å². The second-order valence-electron chi connectivity index (χ2n) is 3.41. The molecule has 3 nitrogen and oxygen atoms in total. The summed E-state index contributed by atoms with van der Waals surface area (Å²) in [6.07, 6.45) is 2.06. The van der Waals surface area contributed by atoms with Gasteiger partial charge in [0, 0.05) is 30.0 Å². The molecule has 0 aliphatic carbocycles. The standard InChI is InChI=1S/C11H17NO2S/c1-8(12-5-6-15-2)10-4-3-9(13)7-11(10)14/h3-4,7-8,12-14H,5-6H2,1-2H3. The molecule has 15 heavy (non-hydrogen) atoms. The van der Waals surface area contributed by atoms with Gasteiger partial charge in [-0.2, -0.15) is 11.8 Å². The summed E-state index contributed by atoms with van der Waals surface area (Å²) in [6.45, 7) is 2.90. The minimum Gasteiger partial charge on any atom is -0.508 e. The number of aromatic hydroxyl groups is 2. The third kappa shape index (κ3) is 3.64. The first-order valence-electron chi connectivity index (χ1n) is 4.89. The first kappa shape index (κ1) is 12.2. The third-order valence-corrected chi connectivity index (χ3v) is 2.85. The third-order valence-electron chi connectivity index (χ3n) is 2.24. The Morgan fingerprint density at radius 2 is 2.13 bits per heavy atom. The molecule has 0 fully saturated rings. The molecule has 0 radical (unpaired) electrons. The summed E-state index contributed by atoms with van der Waals surface area (Å²) in [5.41, 5.74) is 0.814. The van der Waals surface area contributed by atoms with E-state index in [1.54, 1.807) is 23.9 Å². The zero-order chi connectivity index (χ0) is 11.3. The van der Waals surface area contributed by atoms with E-state index in [2.05, 4.69) is 11.6 Å². The van der Waals surface area contributed by atoms with Crippen molar-refractivity contribution in [3.63, 3.8) is 0 Å². The van der Waals surface area contributed by atoms with Gasteiger partial charge in [-0.25, -0.2) is 0 Å². The zero-order valence-corrected chi connectivity index (χ0v) is 9.84. The van der Waals surface area contributed by atoms with Gasteiger partial charge >= 0.3 is 0 Å². The van der Waals surface area contributed by atoms with Crippen molar-refractivity contribution < 1.29 is 10.2 Å². The summed E-state index contributed by atoms with van der Waals surface area (Å²) in [7, 11) is 0.